The summed E-state index contributed by atoms with van der Waals surface area (Å²) in [5, 5.41) is 13.3. The molecular weight excluding hydrogens is 336 g/mol. The summed E-state index contributed by atoms with van der Waals surface area (Å²) in [6, 6.07) is 9.17. The van der Waals surface area contributed by atoms with Crippen molar-refractivity contribution in [1.29, 1.82) is 5.41 Å². The number of para-hydroxylation sites is 1. The lowest BCUT2D eigenvalue weighted by molar-refractivity contribution is 0.0367. The number of ether oxygens (including phenoxy) is 2. The summed E-state index contributed by atoms with van der Waals surface area (Å²) < 4.78 is 10.4. The van der Waals surface area contributed by atoms with Gasteiger partial charge in [0, 0.05) is 5.69 Å². The second-order valence-corrected chi connectivity index (χ2v) is 7.58. The van der Waals surface area contributed by atoms with E-state index in [1.54, 1.807) is 41.5 Å². The van der Waals surface area contributed by atoms with Crippen LogP contribution < -0.4 is 10.6 Å². The molecule has 0 aromatic heterocycles. The van der Waals surface area contributed by atoms with Gasteiger partial charge < -0.3 is 14.8 Å². The average Bonchev–Trinajstić information content (AvgIpc) is 2.44. The molecular formula is C18H28N4O4. The van der Waals surface area contributed by atoms with E-state index in [1.807, 2.05) is 30.3 Å². The summed E-state index contributed by atoms with van der Waals surface area (Å²) >= 11 is 0. The number of nitrogens with zero attached hydrogens (tertiary/aromatic N) is 1. The minimum atomic E-state index is -0.823. The standard InChI is InChI=1S/C18H28N4O4/c1-17(2,3)25-15(23)21-14(19)22(16(24)26-18(4,5)6)12-20-13-10-8-7-9-11-13/h7-11,20H,12H2,1-6H3,(H2,19,21,23). The van der Waals surface area contributed by atoms with Crippen LogP contribution in [0.2, 0.25) is 0 Å². The number of guanidine groups is 1. The minimum absolute atomic E-state index is 0.0619. The molecule has 0 aliphatic carbocycles. The highest BCUT2D eigenvalue weighted by Gasteiger charge is 2.27. The molecule has 3 N–H and O–H groups in total. The molecule has 0 aliphatic rings. The molecule has 0 saturated heterocycles. The van der Waals surface area contributed by atoms with Gasteiger partial charge in [-0.2, -0.15) is 0 Å². The van der Waals surface area contributed by atoms with Crippen molar-refractivity contribution in [2.75, 3.05) is 12.0 Å². The van der Waals surface area contributed by atoms with Gasteiger partial charge in [-0.05, 0) is 53.7 Å². The molecule has 0 fully saturated rings. The Morgan fingerprint density at radius 2 is 1.54 bits per heavy atom. The van der Waals surface area contributed by atoms with Crippen LogP contribution in [0.1, 0.15) is 41.5 Å². The third-order valence-electron chi connectivity index (χ3n) is 2.72. The SMILES string of the molecule is CC(C)(C)OC(=O)NC(=N)N(CNc1ccccc1)C(=O)OC(C)(C)C. The summed E-state index contributed by atoms with van der Waals surface area (Å²) in [6.45, 7) is 10.2. The third-order valence-corrected chi connectivity index (χ3v) is 2.72. The summed E-state index contributed by atoms with van der Waals surface area (Å²) in [5.41, 5.74) is -0.705. The van der Waals surface area contributed by atoms with Gasteiger partial charge >= 0.3 is 12.2 Å². The van der Waals surface area contributed by atoms with E-state index >= 15 is 0 Å². The van der Waals surface area contributed by atoms with Crippen LogP contribution in [0.5, 0.6) is 0 Å². The Morgan fingerprint density at radius 3 is 2.04 bits per heavy atom. The van der Waals surface area contributed by atoms with Gasteiger partial charge in [-0.1, -0.05) is 18.2 Å². The van der Waals surface area contributed by atoms with Gasteiger partial charge in [0.15, 0.2) is 0 Å². The van der Waals surface area contributed by atoms with Gasteiger partial charge in [0.25, 0.3) is 0 Å². The number of hydrogen-bond donors (Lipinski definition) is 3. The van der Waals surface area contributed by atoms with Crippen molar-refractivity contribution in [2.45, 2.75) is 52.7 Å². The summed E-state index contributed by atoms with van der Waals surface area (Å²) in [7, 11) is 0. The lowest BCUT2D eigenvalue weighted by Crippen LogP contribution is -2.51. The van der Waals surface area contributed by atoms with Crippen molar-refractivity contribution in [1.82, 2.24) is 10.2 Å². The Hall–Kier alpha value is -2.77. The first-order valence-corrected chi connectivity index (χ1v) is 8.25. The Labute approximate surface area is 154 Å². The maximum atomic E-state index is 12.4. The highest BCUT2D eigenvalue weighted by Crippen LogP contribution is 2.12. The van der Waals surface area contributed by atoms with Crippen molar-refractivity contribution < 1.29 is 19.1 Å². The zero-order chi connectivity index (χ0) is 20.0. The Bertz CT molecular complexity index is 633. The van der Waals surface area contributed by atoms with E-state index in [1.165, 1.54) is 0 Å². The van der Waals surface area contributed by atoms with Crippen molar-refractivity contribution >= 4 is 23.8 Å². The van der Waals surface area contributed by atoms with Crippen LogP contribution in [-0.2, 0) is 9.47 Å². The van der Waals surface area contributed by atoms with Crippen LogP contribution in [0, 0.1) is 5.41 Å². The molecule has 0 unspecified atom stereocenters. The van der Waals surface area contributed by atoms with Crippen molar-refractivity contribution in [3.05, 3.63) is 30.3 Å². The average molecular weight is 364 g/mol. The van der Waals surface area contributed by atoms with E-state index in [0.717, 1.165) is 10.6 Å². The van der Waals surface area contributed by atoms with Gasteiger partial charge in [0.05, 0.1) is 0 Å². The first-order valence-electron chi connectivity index (χ1n) is 8.25. The predicted octanol–water partition coefficient (Wildman–Crippen LogP) is 3.75. The Kier molecular flexibility index (Phi) is 7.00. The van der Waals surface area contributed by atoms with E-state index in [4.69, 9.17) is 14.9 Å². The lowest BCUT2D eigenvalue weighted by atomic mass is 10.2. The number of carbonyl (C=O) groups is 2. The normalized spacial score (nSPS) is 11.3. The monoisotopic (exact) mass is 364 g/mol. The zero-order valence-corrected chi connectivity index (χ0v) is 16.2. The molecule has 0 aliphatic heterocycles. The molecule has 144 valence electrons. The molecule has 8 heteroatoms. The minimum Gasteiger partial charge on any atom is -0.444 e. The van der Waals surface area contributed by atoms with E-state index in [-0.39, 0.29) is 6.67 Å². The van der Waals surface area contributed by atoms with Crippen LogP contribution in [0.3, 0.4) is 0 Å². The molecule has 0 spiro atoms. The van der Waals surface area contributed by atoms with Gasteiger partial charge in [-0.3, -0.25) is 10.7 Å². The fraction of sp³-hybridized carbons (Fsp3) is 0.500. The second-order valence-electron chi connectivity index (χ2n) is 7.58. The number of rotatable bonds is 3. The van der Waals surface area contributed by atoms with Gasteiger partial charge in [0.2, 0.25) is 5.96 Å². The summed E-state index contributed by atoms with van der Waals surface area (Å²) in [6.07, 6.45) is -1.59. The number of amides is 2. The molecule has 0 radical (unpaired) electrons. The Morgan fingerprint density at radius 1 is 1.00 bits per heavy atom. The lowest BCUT2D eigenvalue weighted by Gasteiger charge is -2.28. The molecule has 8 nitrogen and oxygen atoms in total. The highest BCUT2D eigenvalue weighted by molar-refractivity contribution is 6.00. The fourth-order valence-electron chi connectivity index (χ4n) is 1.75. The van der Waals surface area contributed by atoms with Gasteiger partial charge in [-0.25, -0.2) is 14.5 Å². The maximum Gasteiger partial charge on any atom is 0.418 e. The molecule has 1 rings (SSSR count). The molecule has 0 saturated carbocycles. The zero-order valence-electron chi connectivity index (χ0n) is 16.2. The number of nitrogens with one attached hydrogen (secondary N) is 3. The molecule has 2 amide bonds. The van der Waals surface area contributed by atoms with Crippen molar-refractivity contribution in [3.63, 3.8) is 0 Å². The predicted molar refractivity (Wildman–Crippen MR) is 100 cm³/mol. The highest BCUT2D eigenvalue weighted by atomic mass is 16.6. The second kappa shape index (κ2) is 8.55. The van der Waals surface area contributed by atoms with Crippen molar-refractivity contribution in [2.24, 2.45) is 0 Å². The largest absolute Gasteiger partial charge is 0.444 e. The van der Waals surface area contributed by atoms with E-state index in [9.17, 15) is 9.59 Å². The molecule has 1 aromatic rings. The first kappa shape index (κ1) is 21.3. The van der Waals surface area contributed by atoms with E-state index < -0.39 is 29.3 Å². The fourth-order valence-corrected chi connectivity index (χ4v) is 1.75. The van der Waals surface area contributed by atoms with Crippen LogP contribution in [-0.4, -0.2) is 40.9 Å². The molecule has 1 aromatic carbocycles. The molecule has 26 heavy (non-hydrogen) atoms. The topological polar surface area (TPSA) is 104 Å². The molecule has 0 bridgehead atoms. The third kappa shape index (κ3) is 8.36. The van der Waals surface area contributed by atoms with Crippen LogP contribution in [0.4, 0.5) is 15.3 Å². The van der Waals surface area contributed by atoms with E-state index in [2.05, 4.69) is 10.6 Å². The molecule has 0 heterocycles. The smallest absolute Gasteiger partial charge is 0.418 e. The van der Waals surface area contributed by atoms with Crippen LogP contribution >= 0.6 is 0 Å². The van der Waals surface area contributed by atoms with E-state index in [0.29, 0.717) is 0 Å². The number of hydrogen-bond acceptors (Lipinski definition) is 6. The first-order chi connectivity index (χ1) is 11.9. The Balaban J connectivity index is 2.83. The quantitative estimate of drug-likeness (QED) is 0.430. The number of carbonyl (C=O) groups excluding carboxylic acids is 2. The maximum absolute atomic E-state index is 12.4. The van der Waals surface area contributed by atoms with Crippen LogP contribution in [0.25, 0.3) is 0 Å². The summed E-state index contributed by atoms with van der Waals surface area (Å²) in [4.78, 5) is 25.3. The number of benzene rings is 1. The van der Waals surface area contributed by atoms with Gasteiger partial charge in [0.1, 0.15) is 17.9 Å². The summed E-state index contributed by atoms with van der Waals surface area (Å²) in [5.74, 6) is -0.447. The van der Waals surface area contributed by atoms with Gasteiger partial charge in [-0.15, -0.1) is 0 Å². The number of alkyl carbamates (subject to hydrolysis) is 1. The number of anilines is 1. The van der Waals surface area contributed by atoms with Crippen molar-refractivity contribution in [3.8, 4) is 0 Å². The molecule has 0 atom stereocenters. The van der Waals surface area contributed by atoms with Crippen LogP contribution in [0.15, 0.2) is 30.3 Å².